The summed E-state index contributed by atoms with van der Waals surface area (Å²) in [5.74, 6) is 0.867. The van der Waals surface area contributed by atoms with E-state index in [9.17, 15) is 4.79 Å². The highest BCUT2D eigenvalue weighted by atomic mass is 16.2. The molecule has 0 radical (unpaired) electrons. The van der Waals surface area contributed by atoms with Gasteiger partial charge in [0, 0.05) is 45.1 Å². The molecule has 1 aliphatic carbocycles. The summed E-state index contributed by atoms with van der Waals surface area (Å²) in [7, 11) is 0. The van der Waals surface area contributed by atoms with Crippen molar-refractivity contribution in [3.8, 4) is 5.69 Å². The highest BCUT2D eigenvalue weighted by molar-refractivity contribution is 5.74. The maximum absolute atomic E-state index is 12.7. The van der Waals surface area contributed by atoms with E-state index in [1.165, 1.54) is 38.6 Å². The minimum absolute atomic E-state index is 0.0500. The van der Waals surface area contributed by atoms with Gasteiger partial charge in [-0.3, -0.25) is 0 Å². The van der Waals surface area contributed by atoms with E-state index in [2.05, 4.69) is 21.4 Å². The zero-order valence-corrected chi connectivity index (χ0v) is 17.3. The second-order valence-electron chi connectivity index (χ2n) is 8.42. The fourth-order valence-electron chi connectivity index (χ4n) is 4.61. The van der Waals surface area contributed by atoms with E-state index in [0.717, 1.165) is 49.8 Å². The number of amides is 2. The number of carbonyl (C=O) groups excluding carboxylic acids is 1. The Morgan fingerprint density at radius 1 is 1.03 bits per heavy atom. The molecule has 2 aliphatic rings. The number of benzene rings is 1. The number of aromatic nitrogens is 2. The predicted molar refractivity (Wildman–Crippen MR) is 115 cm³/mol. The van der Waals surface area contributed by atoms with E-state index in [1.54, 1.807) is 6.20 Å². The molecule has 156 valence electrons. The van der Waals surface area contributed by atoms with Crippen molar-refractivity contribution in [2.75, 3.05) is 32.7 Å². The molecule has 1 aromatic carbocycles. The number of hydrogen-bond acceptors (Lipinski definition) is 3. The van der Waals surface area contributed by atoms with Gasteiger partial charge in [0.2, 0.25) is 0 Å². The Bertz CT molecular complexity index is 769. The van der Waals surface area contributed by atoms with E-state index in [1.807, 2.05) is 40.0 Å². The van der Waals surface area contributed by atoms with Crippen LogP contribution in [-0.2, 0) is 6.54 Å². The summed E-state index contributed by atoms with van der Waals surface area (Å²) in [4.78, 5) is 17.3. The lowest BCUT2D eigenvalue weighted by molar-refractivity contribution is 0.189. The number of urea groups is 1. The number of carbonyl (C=O) groups is 1. The van der Waals surface area contributed by atoms with Gasteiger partial charge in [-0.25, -0.2) is 9.48 Å². The molecule has 2 aromatic rings. The Kier molecular flexibility index (Phi) is 6.83. The quantitative estimate of drug-likeness (QED) is 0.840. The smallest absolute Gasteiger partial charge is 0.317 e. The van der Waals surface area contributed by atoms with Gasteiger partial charge < -0.3 is 15.1 Å². The van der Waals surface area contributed by atoms with E-state index in [0.29, 0.717) is 6.54 Å². The summed E-state index contributed by atoms with van der Waals surface area (Å²) in [5, 5.41) is 7.38. The van der Waals surface area contributed by atoms with Crippen LogP contribution in [0.15, 0.2) is 42.7 Å². The second kappa shape index (κ2) is 9.92. The van der Waals surface area contributed by atoms with Gasteiger partial charge in [0.25, 0.3) is 0 Å². The van der Waals surface area contributed by atoms with Crippen LogP contribution in [0.2, 0.25) is 0 Å². The third kappa shape index (κ3) is 5.60. The Morgan fingerprint density at radius 3 is 2.76 bits per heavy atom. The maximum Gasteiger partial charge on any atom is 0.317 e. The van der Waals surface area contributed by atoms with Crippen molar-refractivity contribution >= 4 is 6.03 Å². The number of rotatable bonds is 5. The van der Waals surface area contributed by atoms with Gasteiger partial charge >= 0.3 is 6.03 Å². The highest BCUT2D eigenvalue weighted by Crippen LogP contribution is 2.24. The van der Waals surface area contributed by atoms with Crippen LogP contribution in [0, 0.1) is 5.92 Å². The predicted octanol–water partition coefficient (Wildman–Crippen LogP) is 3.67. The number of nitrogens with one attached hydrogen (secondary N) is 1. The van der Waals surface area contributed by atoms with Gasteiger partial charge in [-0.1, -0.05) is 31.4 Å². The topological polar surface area (TPSA) is 53.4 Å². The fourth-order valence-corrected chi connectivity index (χ4v) is 4.61. The monoisotopic (exact) mass is 395 g/mol. The molecule has 1 saturated heterocycles. The molecule has 0 atom stereocenters. The molecule has 2 amide bonds. The number of nitrogens with zero attached hydrogens (tertiary/aromatic N) is 4. The zero-order valence-electron chi connectivity index (χ0n) is 17.3. The van der Waals surface area contributed by atoms with Gasteiger partial charge in [0.1, 0.15) is 0 Å². The SMILES string of the molecule is O=C(NCc1cccc(-n2cccn2)c1)N1CCCN(CC2CCCCC2)CC1. The molecule has 4 rings (SSSR count). The largest absolute Gasteiger partial charge is 0.334 e. The van der Waals surface area contributed by atoms with Crippen molar-refractivity contribution in [3.05, 3.63) is 48.3 Å². The van der Waals surface area contributed by atoms with Crippen LogP contribution in [0.4, 0.5) is 4.79 Å². The van der Waals surface area contributed by atoms with Crippen LogP contribution < -0.4 is 5.32 Å². The summed E-state index contributed by atoms with van der Waals surface area (Å²) in [6.45, 7) is 5.54. The molecule has 1 saturated carbocycles. The van der Waals surface area contributed by atoms with Crippen molar-refractivity contribution in [1.29, 1.82) is 0 Å². The maximum atomic E-state index is 12.7. The first-order valence-electron chi connectivity index (χ1n) is 11.1. The molecule has 2 heterocycles. The molecular weight excluding hydrogens is 362 g/mol. The molecule has 0 spiro atoms. The first-order chi connectivity index (χ1) is 14.3. The minimum Gasteiger partial charge on any atom is -0.334 e. The fraction of sp³-hybridized carbons (Fsp3) is 0.565. The summed E-state index contributed by atoms with van der Waals surface area (Å²) in [6, 6.07) is 10.1. The second-order valence-corrected chi connectivity index (χ2v) is 8.42. The minimum atomic E-state index is 0.0500. The van der Waals surface area contributed by atoms with Crippen LogP contribution in [-0.4, -0.2) is 58.3 Å². The van der Waals surface area contributed by atoms with Crippen LogP contribution in [0.3, 0.4) is 0 Å². The lowest BCUT2D eigenvalue weighted by Crippen LogP contribution is -2.42. The van der Waals surface area contributed by atoms with Crippen LogP contribution in [0.1, 0.15) is 44.1 Å². The van der Waals surface area contributed by atoms with E-state index < -0.39 is 0 Å². The molecule has 6 heteroatoms. The summed E-state index contributed by atoms with van der Waals surface area (Å²) < 4.78 is 1.83. The Balaban J connectivity index is 1.25. The normalized spacial score (nSPS) is 19.1. The van der Waals surface area contributed by atoms with Crippen LogP contribution >= 0.6 is 0 Å². The molecule has 0 unspecified atom stereocenters. The van der Waals surface area contributed by atoms with E-state index >= 15 is 0 Å². The lowest BCUT2D eigenvalue weighted by Gasteiger charge is -2.28. The van der Waals surface area contributed by atoms with Gasteiger partial charge in [-0.05, 0) is 55.5 Å². The average Bonchev–Trinajstić information content (AvgIpc) is 3.20. The zero-order chi connectivity index (χ0) is 19.9. The molecule has 1 aromatic heterocycles. The first kappa shape index (κ1) is 20.0. The highest BCUT2D eigenvalue weighted by Gasteiger charge is 2.22. The first-order valence-corrected chi connectivity index (χ1v) is 11.1. The standard InChI is InChI=1S/C23H33N5O/c29-23(24-18-21-9-4-10-22(17-21)28-14-5-11-25-28)27-13-6-12-26(15-16-27)19-20-7-2-1-3-8-20/h4-5,9-11,14,17,20H,1-3,6-8,12-13,15-16,18-19H2,(H,24,29). The van der Waals surface area contributed by atoms with Crippen molar-refractivity contribution in [3.63, 3.8) is 0 Å². The number of hydrogen-bond donors (Lipinski definition) is 1. The third-order valence-corrected chi connectivity index (χ3v) is 6.24. The Morgan fingerprint density at radius 2 is 1.93 bits per heavy atom. The third-order valence-electron chi connectivity index (χ3n) is 6.24. The summed E-state index contributed by atoms with van der Waals surface area (Å²) in [6.07, 6.45) is 11.7. The van der Waals surface area contributed by atoms with E-state index in [4.69, 9.17) is 0 Å². The van der Waals surface area contributed by atoms with Crippen LogP contribution in [0.5, 0.6) is 0 Å². The van der Waals surface area contributed by atoms with Gasteiger partial charge in [-0.2, -0.15) is 5.10 Å². The van der Waals surface area contributed by atoms with Gasteiger partial charge in [0.05, 0.1) is 5.69 Å². The van der Waals surface area contributed by atoms with Crippen molar-refractivity contribution in [2.24, 2.45) is 5.92 Å². The Hall–Kier alpha value is -2.34. The van der Waals surface area contributed by atoms with Crippen LogP contribution in [0.25, 0.3) is 5.69 Å². The molecule has 1 aliphatic heterocycles. The van der Waals surface area contributed by atoms with Crippen molar-refractivity contribution in [2.45, 2.75) is 45.1 Å². The summed E-state index contributed by atoms with van der Waals surface area (Å²) in [5.41, 5.74) is 2.09. The molecule has 6 nitrogen and oxygen atoms in total. The molecular formula is C23H33N5O. The Labute approximate surface area is 173 Å². The molecule has 1 N–H and O–H groups in total. The molecule has 29 heavy (non-hydrogen) atoms. The van der Waals surface area contributed by atoms with Crippen molar-refractivity contribution < 1.29 is 4.79 Å². The van der Waals surface area contributed by atoms with Crippen molar-refractivity contribution in [1.82, 2.24) is 24.9 Å². The average molecular weight is 396 g/mol. The van der Waals surface area contributed by atoms with E-state index in [-0.39, 0.29) is 6.03 Å². The van der Waals surface area contributed by atoms with Gasteiger partial charge in [0.15, 0.2) is 0 Å². The molecule has 2 fully saturated rings. The summed E-state index contributed by atoms with van der Waals surface area (Å²) >= 11 is 0. The lowest BCUT2D eigenvalue weighted by atomic mass is 9.89. The van der Waals surface area contributed by atoms with Gasteiger partial charge in [-0.15, -0.1) is 0 Å². The molecule has 0 bridgehead atoms.